The lowest BCUT2D eigenvalue weighted by Crippen LogP contribution is -2.24. The molecule has 0 aliphatic carbocycles. The number of amides is 1. The van der Waals surface area contributed by atoms with Crippen molar-refractivity contribution in [2.45, 2.75) is 25.5 Å². The van der Waals surface area contributed by atoms with Crippen LogP contribution < -0.4 is 10.9 Å². The van der Waals surface area contributed by atoms with Crippen molar-refractivity contribution in [3.63, 3.8) is 0 Å². The van der Waals surface area contributed by atoms with Crippen LogP contribution in [0.15, 0.2) is 63.1 Å². The molecule has 1 amide bonds. The molecule has 0 atom stereocenters. The summed E-state index contributed by atoms with van der Waals surface area (Å²) < 4.78 is 7.01. The van der Waals surface area contributed by atoms with Crippen LogP contribution in [0, 0.1) is 13.8 Å². The number of hydrogen-bond acceptors (Lipinski definition) is 6. The first-order valence-corrected chi connectivity index (χ1v) is 10.8. The number of benzene rings is 1. The number of hydrogen-bond donors (Lipinski definition) is 1. The van der Waals surface area contributed by atoms with Gasteiger partial charge in [0, 0.05) is 10.6 Å². The number of nitrogens with zero attached hydrogens (tertiary/aromatic N) is 2. The number of carbonyl (C=O) groups excluding carboxylic acids is 1. The highest BCUT2D eigenvalue weighted by Crippen LogP contribution is 2.28. The second kappa shape index (κ2) is 8.26. The SMILES string of the molecule is Cc1sc2nc(SCC(=O)Nc3ccccc3)n(Cc3ccco3)c(=O)c2c1C. The summed E-state index contributed by atoms with van der Waals surface area (Å²) in [6.07, 6.45) is 1.58. The van der Waals surface area contributed by atoms with Crippen molar-refractivity contribution in [1.29, 1.82) is 0 Å². The van der Waals surface area contributed by atoms with Gasteiger partial charge in [-0.3, -0.25) is 14.2 Å². The van der Waals surface area contributed by atoms with Crippen LogP contribution in [0.5, 0.6) is 0 Å². The minimum atomic E-state index is -0.154. The molecular formula is C21H19N3O3S2. The Balaban J connectivity index is 1.64. The highest BCUT2D eigenvalue weighted by atomic mass is 32.2. The average molecular weight is 426 g/mol. The van der Waals surface area contributed by atoms with Crippen LogP contribution in [-0.4, -0.2) is 21.2 Å². The standard InChI is InChI=1S/C21H19N3O3S2/c1-13-14(2)29-19-18(13)20(26)24(11-16-9-6-10-27-16)21(23-19)28-12-17(25)22-15-7-4-3-5-8-15/h3-10H,11-12H2,1-2H3,(H,22,25). The molecule has 8 heteroatoms. The van der Waals surface area contributed by atoms with E-state index in [1.54, 1.807) is 16.9 Å². The second-order valence-corrected chi connectivity index (χ2v) is 8.68. The van der Waals surface area contributed by atoms with Crippen molar-refractivity contribution in [2.24, 2.45) is 0 Å². The Morgan fingerprint density at radius 2 is 2.00 bits per heavy atom. The lowest BCUT2D eigenvalue weighted by atomic mass is 10.2. The van der Waals surface area contributed by atoms with Gasteiger partial charge in [0.2, 0.25) is 5.91 Å². The zero-order valence-corrected chi connectivity index (χ0v) is 17.6. The maximum Gasteiger partial charge on any atom is 0.263 e. The van der Waals surface area contributed by atoms with E-state index in [2.05, 4.69) is 5.32 Å². The number of nitrogens with one attached hydrogen (secondary N) is 1. The van der Waals surface area contributed by atoms with Crippen molar-refractivity contribution in [2.75, 3.05) is 11.1 Å². The zero-order chi connectivity index (χ0) is 20.4. The number of anilines is 1. The van der Waals surface area contributed by atoms with Gasteiger partial charge in [-0.05, 0) is 43.7 Å². The fourth-order valence-corrected chi connectivity index (χ4v) is 4.83. The van der Waals surface area contributed by atoms with Crippen LogP contribution in [-0.2, 0) is 11.3 Å². The van der Waals surface area contributed by atoms with Gasteiger partial charge in [-0.1, -0.05) is 30.0 Å². The van der Waals surface area contributed by atoms with Gasteiger partial charge in [0.05, 0.1) is 23.9 Å². The van der Waals surface area contributed by atoms with Crippen molar-refractivity contribution in [3.8, 4) is 0 Å². The molecule has 0 radical (unpaired) electrons. The maximum atomic E-state index is 13.2. The summed E-state index contributed by atoms with van der Waals surface area (Å²) in [6, 6.07) is 12.9. The molecule has 29 heavy (non-hydrogen) atoms. The third kappa shape index (κ3) is 4.13. The molecule has 0 saturated carbocycles. The van der Waals surface area contributed by atoms with E-state index in [1.807, 2.05) is 50.2 Å². The van der Waals surface area contributed by atoms with Gasteiger partial charge >= 0.3 is 0 Å². The van der Waals surface area contributed by atoms with Crippen LogP contribution in [0.2, 0.25) is 0 Å². The molecule has 0 bridgehead atoms. The Bertz CT molecular complexity index is 1210. The second-order valence-electron chi connectivity index (χ2n) is 6.53. The Morgan fingerprint density at radius 1 is 1.21 bits per heavy atom. The van der Waals surface area contributed by atoms with Gasteiger partial charge in [-0.25, -0.2) is 4.98 Å². The minimum Gasteiger partial charge on any atom is -0.467 e. The molecule has 0 aliphatic rings. The molecule has 4 rings (SSSR count). The molecule has 3 heterocycles. The average Bonchev–Trinajstić information content (AvgIpc) is 3.32. The number of thioether (sulfide) groups is 1. The smallest absolute Gasteiger partial charge is 0.263 e. The fraction of sp³-hybridized carbons (Fsp3) is 0.190. The highest BCUT2D eigenvalue weighted by molar-refractivity contribution is 7.99. The number of furan rings is 1. The Morgan fingerprint density at radius 3 is 2.72 bits per heavy atom. The summed E-state index contributed by atoms with van der Waals surface area (Å²) >= 11 is 2.74. The molecule has 0 spiro atoms. The number of thiophene rings is 1. The van der Waals surface area contributed by atoms with Crippen molar-refractivity contribution < 1.29 is 9.21 Å². The van der Waals surface area contributed by atoms with E-state index in [0.29, 0.717) is 21.1 Å². The lowest BCUT2D eigenvalue weighted by Gasteiger charge is -2.11. The number of rotatable bonds is 6. The van der Waals surface area contributed by atoms with Gasteiger partial charge < -0.3 is 9.73 Å². The maximum absolute atomic E-state index is 13.2. The monoisotopic (exact) mass is 425 g/mol. The number of fused-ring (bicyclic) bond motifs is 1. The first-order chi connectivity index (χ1) is 14.0. The predicted octanol–water partition coefficient (Wildman–Crippen LogP) is 4.45. The van der Waals surface area contributed by atoms with Crippen LogP contribution in [0.25, 0.3) is 10.2 Å². The summed E-state index contributed by atoms with van der Waals surface area (Å²) in [5.74, 6) is 0.654. The molecule has 4 aromatic rings. The molecule has 148 valence electrons. The van der Waals surface area contributed by atoms with E-state index in [4.69, 9.17) is 9.40 Å². The van der Waals surface area contributed by atoms with E-state index >= 15 is 0 Å². The number of carbonyl (C=O) groups is 1. The Hall–Kier alpha value is -2.84. The molecule has 0 fully saturated rings. The van der Waals surface area contributed by atoms with Crippen molar-refractivity contribution in [3.05, 3.63) is 75.3 Å². The third-order valence-electron chi connectivity index (χ3n) is 4.54. The summed E-state index contributed by atoms with van der Waals surface area (Å²) in [6.45, 7) is 4.19. The first kappa shape index (κ1) is 19.5. The molecular weight excluding hydrogens is 406 g/mol. The van der Waals surface area contributed by atoms with E-state index in [-0.39, 0.29) is 23.8 Å². The largest absolute Gasteiger partial charge is 0.467 e. The normalized spacial score (nSPS) is 11.1. The summed E-state index contributed by atoms with van der Waals surface area (Å²) in [5, 5.41) is 3.99. The third-order valence-corrected chi connectivity index (χ3v) is 6.62. The number of para-hydroxylation sites is 1. The Labute approximate surface area is 175 Å². The van der Waals surface area contributed by atoms with Gasteiger partial charge in [0.25, 0.3) is 5.56 Å². The molecule has 0 aliphatic heterocycles. The van der Waals surface area contributed by atoms with Gasteiger partial charge in [-0.15, -0.1) is 11.3 Å². The number of aromatic nitrogens is 2. The minimum absolute atomic E-state index is 0.112. The van der Waals surface area contributed by atoms with Crippen molar-refractivity contribution in [1.82, 2.24) is 9.55 Å². The van der Waals surface area contributed by atoms with Crippen LogP contribution in [0.3, 0.4) is 0 Å². The van der Waals surface area contributed by atoms with E-state index in [0.717, 1.165) is 16.1 Å². The molecule has 3 aromatic heterocycles. The zero-order valence-electron chi connectivity index (χ0n) is 16.0. The summed E-state index contributed by atoms with van der Waals surface area (Å²) in [4.78, 5) is 32.0. The molecule has 1 aromatic carbocycles. The van der Waals surface area contributed by atoms with Gasteiger partial charge in [0.1, 0.15) is 10.6 Å². The van der Waals surface area contributed by atoms with Crippen LogP contribution >= 0.6 is 23.1 Å². The topological polar surface area (TPSA) is 77.1 Å². The molecule has 6 nitrogen and oxygen atoms in total. The quantitative estimate of drug-likeness (QED) is 0.365. The molecule has 0 unspecified atom stereocenters. The fourth-order valence-electron chi connectivity index (χ4n) is 2.97. The summed E-state index contributed by atoms with van der Waals surface area (Å²) in [5.41, 5.74) is 1.58. The van der Waals surface area contributed by atoms with Crippen LogP contribution in [0.1, 0.15) is 16.2 Å². The molecule has 1 N–H and O–H groups in total. The van der Waals surface area contributed by atoms with E-state index < -0.39 is 0 Å². The van der Waals surface area contributed by atoms with Gasteiger partial charge in [-0.2, -0.15) is 0 Å². The van der Waals surface area contributed by atoms with Gasteiger partial charge in [0.15, 0.2) is 5.16 Å². The first-order valence-electron chi connectivity index (χ1n) is 9.03. The van der Waals surface area contributed by atoms with Crippen molar-refractivity contribution >= 4 is 44.9 Å². The summed E-state index contributed by atoms with van der Waals surface area (Å²) in [7, 11) is 0. The van der Waals surface area contributed by atoms with Crippen LogP contribution in [0.4, 0.5) is 5.69 Å². The van der Waals surface area contributed by atoms with E-state index in [9.17, 15) is 9.59 Å². The predicted molar refractivity (Wildman–Crippen MR) is 117 cm³/mol. The highest BCUT2D eigenvalue weighted by Gasteiger charge is 2.18. The number of aryl methyl sites for hydroxylation is 2. The Kier molecular flexibility index (Phi) is 5.55. The lowest BCUT2D eigenvalue weighted by molar-refractivity contribution is -0.113. The van der Waals surface area contributed by atoms with E-state index in [1.165, 1.54) is 23.1 Å². The molecule has 0 saturated heterocycles.